The van der Waals surface area contributed by atoms with Gasteiger partial charge in [-0.25, -0.2) is 0 Å². The molecule has 0 saturated carbocycles. The van der Waals surface area contributed by atoms with Crippen LogP contribution in [-0.2, 0) is 4.79 Å². The smallest absolute Gasteiger partial charge is 0.323 e. The number of rotatable bonds is 4. The van der Waals surface area contributed by atoms with E-state index in [-0.39, 0.29) is 5.69 Å². The highest BCUT2D eigenvalue weighted by Crippen LogP contribution is 2.36. The first-order valence-electron chi connectivity index (χ1n) is 4.05. The topological polar surface area (TPSA) is 68.7 Å². The Morgan fingerprint density at radius 3 is 2.67 bits per heavy atom. The van der Waals surface area contributed by atoms with Crippen molar-refractivity contribution in [2.24, 2.45) is 0 Å². The summed E-state index contributed by atoms with van der Waals surface area (Å²) in [6.07, 6.45) is 1.47. The van der Waals surface area contributed by atoms with Crippen LogP contribution in [0.15, 0.2) is 12.3 Å². The van der Waals surface area contributed by atoms with Gasteiger partial charge >= 0.3 is 5.97 Å². The van der Waals surface area contributed by atoms with Crippen molar-refractivity contribution in [2.75, 3.05) is 14.2 Å². The van der Waals surface area contributed by atoms with E-state index in [1.165, 1.54) is 20.4 Å². The molecule has 0 aliphatic rings. The Morgan fingerprint density at radius 2 is 2.20 bits per heavy atom. The molecule has 0 fully saturated rings. The summed E-state index contributed by atoms with van der Waals surface area (Å²) in [5, 5.41) is 8.84. The molecule has 0 aromatic carbocycles. The summed E-state index contributed by atoms with van der Waals surface area (Å²) in [6.45, 7) is 0. The Morgan fingerprint density at radius 1 is 1.53 bits per heavy atom. The lowest BCUT2D eigenvalue weighted by molar-refractivity contribution is -0.136. The van der Waals surface area contributed by atoms with Crippen LogP contribution in [0.25, 0.3) is 0 Å². The van der Waals surface area contributed by atoms with Crippen LogP contribution in [0.1, 0.15) is 10.5 Å². The van der Waals surface area contributed by atoms with Crippen molar-refractivity contribution in [1.29, 1.82) is 0 Å². The average molecular weight is 276 g/mol. The quantitative estimate of drug-likeness (QED) is 0.846. The summed E-state index contributed by atoms with van der Waals surface area (Å²) in [4.78, 5) is 13.8. The van der Waals surface area contributed by atoms with Crippen molar-refractivity contribution in [2.45, 2.75) is 4.83 Å². The van der Waals surface area contributed by atoms with Gasteiger partial charge in [0.15, 0.2) is 16.3 Å². The molecule has 0 bridgehead atoms. The first kappa shape index (κ1) is 11.8. The molecule has 1 aromatic rings. The van der Waals surface area contributed by atoms with E-state index < -0.39 is 10.8 Å². The van der Waals surface area contributed by atoms with Gasteiger partial charge in [-0.15, -0.1) is 0 Å². The number of hydrogen-bond donors (Lipinski definition) is 1. The Hall–Kier alpha value is -1.30. The van der Waals surface area contributed by atoms with Gasteiger partial charge < -0.3 is 14.6 Å². The van der Waals surface area contributed by atoms with Gasteiger partial charge in [0, 0.05) is 12.3 Å². The molecule has 1 atom stereocenters. The molecule has 1 unspecified atom stereocenters. The molecule has 1 N–H and O–H groups in total. The Kier molecular flexibility index (Phi) is 3.90. The zero-order valence-electron chi connectivity index (χ0n) is 8.23. The summed E-state index contributed by atoms with van der Waals surface area (Å²) in [5.41, 5.74) is 0.282. The van der Waals surface area contributed by atoms with E-state index in [9.17, 15) is 4.79 Å². The number of aromatic nitrogens is 1. The monoisotopic (exact) mass is 275 g/mol. The molecule has 0 amide bonds. The second-order valence-corrected chi connectivity index (χ2v) is 3.55. The number of halogens is 1. The van der Waals surface area contributed by atoms with Crippen molar-refractivity contribution in [3.8, 4) is 11.5 Å². The van der Waals surface area contributed by atoms with Crippen molar-refractivity contribution >= 4 is 21.9 Å². The van der Waals surface area contributed by atoms with Crippen LogP contribution in [0.3, 0.4) is 0 Å². The van der Waals surface area contributed by atoms with E-state index in [1.54, 1.807) is 6.07 Å². The lowest BCUT2D eigenvalue weighted by Gasteiger charge is -2.12. The van der Waals surface area contributed by atoms with Gasteiger partial charge in [0.1, 0.15) is 5.69 Å². The Bertz CT molecular complexity index is 369. The molecule has 82 valence electrons. The second kappa shape index (κ2) is 4.97. The molecule has 0 aliphatic heterocycles. The van der Waals surface area contributed by atoms with Gasteiger partial charge in [0.05, 0.1) is 14.2 Å². The minimum atomic E-state index is -1.03. The number of pyridine rings is 1. The molecule has 1 rings (SSSR count). The average Bonchev–Trinajstić information content (AvgIpc) is 2.26. The number of methoxy groups -OCH3 is 2. The number of aliphatic carboxylic acids is 1. The van der Waals surface area contributed by atoms with Crippen LogP contribution in [0.4, 0.5) is 0 Å². The molecule has 0 saturated heterocycles. The van der Waals surface area contributed by atoms with E-state index in [1.807, 2.05) is 0 Å². The minimum absolute atomic E-state index is 0.282. The first-order valence-corrected chi connectivity index (χ1v) is 4.97. The number of carboxylic acid groups (broad SMARTS) is 1. The molecule has 1 heterocycles. The Labute approximate surface area is 95.2 Å². The summed E-state index contributed by atoms with van der Waals surface area (Å²) in [6, 6.07) is 1.60. The third-order valence-electron chi connectivity index (χ3n) is 1.78. The molecular weight excluding hydrogens is 266 g/mol. The first-order chi connectivity index (χ1) is 7.11. The normalized spacial score (nSPS) is 11.9. The third kappa shape index (κ3) is 2.38. The number of alkyl halides is 1. The van der Waals surface area contributed by atoms with Gasteiger partial charge in [-0.3, -0.25) is 9.78 Å². The van der Waals surface area contributed by atoms with Crippen LogP contribution in [0.2, 0.25) is 0 Å². The summed E-state index contributed by atoms with van der Waals surface area (Å²) >= 11 is 3.01. The predicted octanol–water partition coefficient (Wildman–Crippen LogP) is 1.62. The Balaban J connectivity index is 3.22. The molecule has 0 aliphatic carbocycles. The summed E-state index contributed by atoms with van der Waals surface area (Å²) in [5.74, 6) is -0.258. The van der Waals surface area contributed by atoms with Gasteiger partial charge in [0.25, 0.3) is 0 Å². The molecule has 0 radical (unpaired) electrons. The van der Waals surface area contributed by atoms with Crippen LogP contribution in [-0.4, -0.2) is 30.3 Å². The largest absolute Gasteiger partial charge is 0.493 e. The molecular formula is C9H10BrNO4. The van der Waals surface area contributed by atoms with Crippen LogP contribution in [0.5, 0.6) is 11.5 Å². The molecule has 6 heteroatoms. The highest BCUT2D eigenvalue weighted by molar-refractivity contribution is 9.09. The fraction of sp³-hybridized carbons (Fsp3) is 0.333. The van der Waals surface area contributed by atoms with Gasteiger partial charge in [0.2, 0.25) is 0 Å². The molecule has 0 spiro atoms. The lowest BCUT2D eigenvalue weighted by atomic mass is 10.2. The van der Waals surface area contributed by atoms with E-state index in [0.29, 0.717) is 11.5 Å². The third-order valence-corrected chi connectivity index (χ3v) is 2.60. The van der Waals surface area contributed by atoms with Crippen LogP contribution < -0.4 is 9.47 Å². The fourth-order valence-electron chi connectivity index (χ4n) is 1.11. The zero-order chi connectivity index (χ0) is 11.4. The van der Waals surface area contributed by atoms with E-state index in [0.717, 1.165) is 0 Å². The van der Waals surface area contributed by atoms with Crippen molar-refractivity contribution in [3.63, 3.8) is 0 Å². The van der Waals surface area contributed by atoms with Gasteiger partial charge in [-0.05, 0) is 0 Å². The predicted molar refractivity (Wildman–Crippen MR) is 56.6 cm³/mol. The maximum atomic E-state index is 10.8. The fourth-order valence-corrected chi connectivity index (χ4v) is 1.44. The highest BCUT2D eigenvalue weighted by Gasteiger charge is 2.23. The number of carbonyl (C=O) groups is 1. The van der Waals surface area contributed by atoms with E-state index in [4.69, 9.17) is 14.6 Å². The number of carboxylic acids is 1. The molecule has 15 heavy (non-hydrogen) atoms. The number of nitrogens with zero attached hydrogens (tertiary/aromatic N) is 1. The van der Waals surface area contributed by atoms with E-state index >= 15 is 0 Å². The number of ether oxygens (including phenoxy) is 2. The van der Waals surface area contributed by atoms with Crippen molar-refractivity contribution < 1.29 is 19.4 Å². The maximum absolute atomic E-state index is 10.8. The maximum Gasteiger partial charge on any atom is 0.323 e. The van der Waals surface area contributed by atoms with Gasteiger partial charge in [-0.1, -0.05) is 15.9 Å². The second-order valence-electron chi connectivity index (χ2n) is 2.63. The molecule has 1 aromatic heterocycles. The summed E-state index contributed by atoms with van der Waals surface area (Å²) in [7, 11) is 2.91. The molecule has 5 nitrogen and oxygen atoms in total. The lowest BCUT2D eigenvalue weighted by Crippen LogP contribution is -2.08. The highest BCUT2D eigenvalue weighted by atomic mass is 79.9. The van der Waals surface area contributed by atoms with Crippen LogP contribution >= 0.6 is 15.9 Å². The van der Waals surface area contributed by atoms with Crippen molar-refractivity contribution in [3.05, 3.63) is 18.0 Å². The van der Waals surface area contributed by atoms with E-state index in [2.05, 4.69) is 20.9 Å². The van der Waals surface area contributed by atoms with Gasteiger partial charge in [-0.2, -0.15) is 0 Å². The SMILES string of the molecule is COc1ccnc(C(Br)C(=O)O)c1OC. The summed E-state index contributed by atoms with van der Waals surface area (Å²) < 4.78 is 10.1. The minimum Gasteiger partial charge on any atom is -0.493 e. The van der Waals surface area contributed by atoms with Crippen LogP contribution in [0, 0.1) is 0 Å². The zero-order valence-corrected chi connectivity index (χ0v) is 9.82. The number of hydrogen-bond acceptors (Lipinski definition) is 4. The van der Waals surface area contributed by atoms with Crippen molar-refractivity contribution in [1.82, 2.24) is 4.98 Å². The standard InChI is InChI=1S/C9H10BrNO4/c1-14-5-3-4-11-7(8(5)15-2)6(10)9(12)13/h3-4,6H,1-2H3,(H,12,13).